The van der Waals surface area contributed by atoms with Gasteiger partial charge in [0, 0.05) is 11.8 Å². The van der Waals surface area contributed by atoms with Gasteiger partial charge in [-0.05, 0) is 0 Å². The summed E-state index contributed by atoms with van der Waals surface area (Å²) >= 11 is 5.57. The maximum absolute atomic E-state index is 11.8. The van der Waals surface area contributed by atoms with Crippen molar-refractivity contribution in [2.45, 2.75) is 13.2 Å². The summed E-state index contributed by atoms with van der Waals surface area (Å²) in [5.41, 5.74) is 0.108. The highest BCUT2D eigenvalue weighted by Crippen LogP contribution is 2.25. The summed E-state index contributed by atoms with van der Waals surface area (Å²) in [6.07, 6.45) is 2.31. The van der Waals surface area contributed by atoms with Gasteiger partial charge in [0.05, 0.1) is 17.8 Å². The Kier molecular flexibility index (Phi) is 3.39. The van der Waals surface area contributed by atoms with Crippen molar-refractivity contribution in [1.82, 2.24) is 4.98 Å². The molecule has 13 heavy (non-hydrogen) atoms. The minimum Gasteiger partial charge on any atom is -0.433 e. The zero-order valence-corrected chi connectivity index (χ0v) is 7.13. The summed E-state index contributed by atoms with van der Waals surface area (Å²) in [6.45, 7) is -3.42. The Morgan fingerprint density at radius 2 is 2.23 bits per heavy atom. The number of hydrogen-bond donors (Lipinski definition) is 1. The molecule has 0 aliphatic rings. The van der Waals surface area contributed by atoms with Crippen LogP contribution >= 0.6 is 11.6 Å². The predicted molar refractivity (Wildman–Crippen MR) is 41.8 cm³/mol. The molecule has 1 aromatic rings. The van der Waals surface area contributed by atoms with Crippen LogP contribution in [0.25, 0.3) is 0 Å². The average molecular weight is 210 g/mol. The van der Waals surface area contributed by atoms with E-state index >= 15 is 0 Å². The lowest BCUT2D eigenvalue weighted by molar-refractivity contribution is -0.0511. The van der Waals surface area contributed by atoms with Gasteiger partial charge in [-0.2, -0.15) is 8.78 Å². The summed E-state index contributed by atoms with van der Waals surface area (Å²) in [5.74, 6) is -0.204. The molecular formula is C7H6ClF2NO2. The van der Waals surface area contributed by atoms with Crippen LogP contribution in [0.2, 0.25) is 5.02 Å². The van der Waals surface area contributed by atoms with E-state index in [1.807, 2.05) is 0 Å². The second-order valence-electron chi connectivity index (χ2n) is 2.13. The van der Waals surface area contributed by atoms with Crippen molar-refractivity contribution in [3.8, 4) is 5.75 Å². The largest absolute Gasteiger partial charge is 0.433 e. The number of hydrogen-bond acceptors (Lipinski definition) is 3. The molecule has 0 saturated carbocycles. The third kappa shape index (κ3) is 2.50. The lowest BCUT2D eigenvalue weighted by Crippen LogP contribution is -2.05. The van der Waals surface area contributed by atoms with Gasteiger partial charge in [-0.25, -0.2) is 0 Å². The van der Waals surface area contributed by atoms with E-state index in [4.69, 9.17) is 16.7 Å². The Bertz CT molecular complexity index is 296. The number of aliphatic hydroxyl groups excluding tert-OH is 1. The van der Waals surface area contributed by atoms with Crippen LogP contribution in [0.1, 0.15) is 5.56 Å². The summed E-state index contributed by atoms with van der Waals surface area (Å²) in [7, 11) is 0. The van der Waals surface area contributed by atoms with Crippen molar-refractivity contribution < 1.29 is 18.6 Å². The van der Waals surface area contributed by atoms with Crippen molar-refractivity contribution in [2.24, 2.45) is 0 Å². The molecular weight excluding hydrogens is 204 g/mol. The predicted octanol–water partition coefficient (Wildman–Crippen LogP) is 1.83. The smallest absolute Gasteiger partial charge is 0.387 e. The molecule has 0 fully saturated rings. The number of nitrogens with zero attached hydrogens (tertiary/aromatic N) is 1. The number of pyridine rings is 1. The molecule has 0 bridgehead atoms. The monoisotopic (exact) mass is 209 g/mol. The number of aromatic nitrogens is 1. The highest BCUT2D eigenvalue weighted by molar-refractivity contribution is 6.31. The van der Waals surface area contributed by atoms with Crippen LogP contribution < -0.4 is 4.74 Å². The van der Waals surface area contributed by atoms with Crippen molar-refractivity contribution in [3.05, 3.63) is 23.0 Å². The maximum Gasteiger partial charge on any atom is 0.387 e. The summed E-state index contributed by atoms with van der Waals surface area (Å²) in [6, 6.07) is 0. The van der Waals surface area contributed by atoms with E-state index in [-0.39, 0.29) is 16.3 Å². The zero-order valence-electron chi connectivity index (χ0n) is 6.38. The van der Waals surface area contributed by atoms with Gasteiger partial charge in [0.2, 0.25) is 0 Å². The number of aliphatic hydroxyl groups is 1. The van der Waals surface area contributed by atoms with E-state index in [1.165, 1.54) is 6.20 Å². The van der Waals surface area contributed by atoms with Crippen LogP contribution in [0.4, 0.5) is 8.78 Å². The molecule has 0 amide bonds. The normalized spacial score (nSPS) is 10.5. The molecule has 1 heterocycles. The highest BCUT2D eigenvalue weighted by Gasteiger charge is 2.11. The summed E-state index contributed by atoms with van der Waals surface area (Å²) in [5, 5.41) is 8.87. The minimum atomic E-state index is -2.95. The van der Waals surface area contributed by atoms with Gasteiger partial charge in [-0.3, -0.25) is 4.98 Å². The second kappa shape index (κ2) is 4.34. The van der Waals surface area contributed by atoms with E-state index in [2.05, 4.69) is 9.72 Å². The minimum absolute atomic E-state index is 0.0978. The van der Waals surface area contributed by atoms with Crippen LogP contribution in [0.5, 0.6) is 5.75 Å². The molecule has 0 spiro atoms. The zero-order chi connectivity index (χ0) is 9.84. The fraction of sp³-hybridized carbons (Fsp3) is 0.286. The molecule has 0 aromatic carbocycles. The Labute approximate surface area is 77.9 Å². The summed E-state index contributed by atoms with van der Waals surface area (Å²) in [4.78, 5) is 3.54. The fourth-order valence-corrected chi connectivity index (χ4v) is 1.00. The molecule has 6 heteroatoms. The molecule has 1 aromatic heterocycles. The van der Waals surface area contributed by atoms with Gasteiger partial charge >= 0.3 is 6.61 Å². The third-order valence-corrected chi connectivity index (χ3v) is 1.67. The molecule has 1 N–H and O–H groups in total. The van der Waals surface area contributed by atoms with Gasteiger partial charge in [-0.15, -0.1) is 0 Å². The average Bonchev–Trinajstić information content (AvgIpc) is 2.03. The molecule has 0 radical (unpaired) electrons. The molecule has 1 rings (SSSR count). The van der Waals surface area contributed by atoms with E-state index in [9.17, 15) is 8.78 Å². The Balaban J connectivity index is 2.98. The first-order valence-corrected chi connectivity index (χ1v) is 3.71. The van der Waals surface area contributed by atoms with Crippen molar-refractivity contribution in [3.63, 3.8) is 0 Å². The SMILES string of the molecule is OCc1c(Cl)cncc1OC(F)F. The number of halogens is 3. The van der Waals surface area contributed by atoms with Crippen LogP contribution in [-0.4, -0.2) is 16.7 Å². The van der Waals surface area contributed by atoms with Crippen molar-refractivity contribution in [1.29, 1.82) is 0 Å². The Morgan fingerprint density at radius 3 is 2.77 bits per heavy atom. The molecule has 0 unspecified atom stereocenters. The topological polar surface area (TPSA) is 42.4 Å². The third-order valence-electron chi connectivity index (χ3n) is 1.34. The van der Waals surface area contributed by atoms with Gasteiger partial charge in [0.1, 0.15) is 0 Å². The van der Waals surface area contributed by atoms with E-state index in [0.717, 1.165) is 6.20 Å². The summed E-state index contributed by atoms with van der Waals surface area (Å²) < 4.78 is 27.7. The van der Waals surface area contributed by atoms with Crippen molar-refractivity contribution >= 4 is 11.6 Å². The quantitative estimate of drug-likeness (QED) is 0.826. The van der Waals surface area contributed by atoms with Crippen LogP contribution in [0.15, 0.2) is 12.4 Å². The molecule has 0 saturated heterocycles. The maximum atomic E-state index is 11.8. The molecule has 0 aliphatic carbocycles. The first-order chi connectivity index (χ1) is 6.15. The standard InChI is InChI=1S/C7H6ClF2NO2/c8-5-1-11-2-6(4(5)3-12)13-7(9)10/h1-2,7,12H,3H2. The van der Waals surface area contributed by atoms with E-state index in [0.29, 0.717) is 0 Å². The first kappa shape index (κ1) is 10.1. The molecule has 0 atom stereocenters. The van der Waals surface area contributed by atoms with E-state index < -0.39 is 13.2 Å². The second-order valence-corrected chi connectivity index (χ2v) is 2.54. The fourth-order valence-electron chi connectivity index (χ4n) is 0.795. The van der Waals surface area contributed by atoms with Crippen molar-refractivity contribution in [2.75, 3.05) is 0 Å². The Morgan fingerprint density at radius 1 is 1.54 bits per heavy atom. The Hall–Kier alpha value is -0.940. The lowest BCUT2D eigenvalue weighted by atomic mass is 10.2. The van der Waals surface area contributed by atoms with Gasteiger partial charge in [-0.1, -0.05) is 11.6 Å². The number of alkyl halides is 2. The van der Waals surface area contributed by atoms with Gasteiger partial charge in [0.25, 0.3) is 0 Å². The van der Waals surface area contributed by atoms with Gasteiger partial charge in [0.15, 0.2) is 5.75 Å². The van der Waals surface area contributed by atoms with Crippen LogP contribution in [-0.2, 0) is 6.61 Å². The highest BCUT2D eigenvalue weighted by atomic mass is 35.5. The van der Waals surface area contributed by atoms with Gasteiger partial charge < -0.3 is 9.84 Å². The first-order valence-electron chi connectivity index (χ1n) is 3.33. The van der Waals surface area contributed by atoms with E-state index in [1.54, 1.807) is 0 Å². The lowest BCUT2D eigenvalue weighted by Gasteiger charge is -2.08. The molecule has 3 nitrogen and oxygen atoms in total. The van der Waals surface area contributed by atoms with Crippen LogP contribution in [0, 0.1) is 0 Å². The van der Waals surface area contributed by atoms with Crippen LogP contribution in [0.3, 0.4) is 0 Å². The number of ether oxygens (including phenoxy) is 1. The molecule has 0 aliphatic heterocycles. The number of rotatable bonds is 3. The molecule has 72 valence electrons.